The van der Waals surface area contributed by atoms with Crippen molar-refractivity contribution in [3.8, 4) is 0 Å². The highest BCUT2D eigenvalue weighted by molar-refractivity contribution is 6.07. The van der Waals surface area contributed by atoms with E-state index in [0.717, 1.165) is 11.1 Å². The van der Waals surface area contributed by atoms with Crippen LogP contribution >= 0.6 is 0 Å². The predicted molar refractivity (Wildman–Crippen MR) is 61.8 cm³/mol. The van der Waals surface area contributed by atoms with Gasteiger partial charge in [-0.25, -0.2) is 9.59 Å². The van der Waals surface area contributed by atoms with Gasteiger partial charge < -0.3 is 14.2 Å². The van der Waals surface area contributed by atoms with Gasteiger partial charge in [-0.2, -0.15) is 0 Å². The van der Waals surface area contributed by atoms with Crippen LogP contribution in [0.3, 0.4) is 0 Å². The predicted octanol–water partition coefficient (Wildman–Crippen LogP) is 1.15. The second-order valence-electron chi connectivity index (χ2n) is 4.13. The van der Waals surface area contributed by atoms with E-state index in [9.17, 15) is 9.59 Å². The van der Waals surface area contributed by atoms with Gasteiger partial charge in [-0.1, -0.05) is 29.8 Å². The van der Waals surface area contributed by atoms with Crippen LogP contribution in [0, 0.1) is 6.92 Å². The van der Waals surface area contributed by atoms with Crippen LogP contribution in [-0.2, 0) is 23.8 Å². The summed E-state index contributed by atoms with van der Waals surface area (Å²) in [4.78, 5) is 23.4. The zero-order chi connectivity index (χ0) is 13.3. The Morgan fingerprint density at radius 3 is 2.06 bits per heavy atom. The maximum atomic E-state index is 11.7. The zero-order valence-corrected chi connectivity index (χ0v) is 10.4. The van der Waals surface area contributed by atoms with Gasteiger partial charge in [0.15, 0.2) is 0 Å². The number of methoxy groups -OCH3 is 2. The van der Waals surface area contributed by atoms with Crippen molar-refractivity contribution in [1.82, 2.24) is 0 Å². The Morgan fingerprint density at radius 1 is 1.11 bits per heavy atom. The fourth-order valence-corrected chi connectivity index (χ4v) is 1.89. The zero-order valence-electron chi connectivity index (χ0n) is 10.4. The monoisotopic (exact) mass is 250 g/mol. The minimum atomic E-state index is -1.64. The molecule has 1 aromatic carbocycles. The third-order valence-electron chi connectivity index (χ3n) is 2.97. The molecule has 0 radical (unpaired) electrons. The largest absolute Gasteiger partial charge is 0.466 e. The average Bonchev–Trinajstić information content (AvgIpc) is 3.14. The van der Waals surface area contributed by atoms with E-state index in [1.54, 1.807) is 0 Å². The number of epoxide rings is 1. The lowest BCUT2D eigenvalue weighted by atomic mass is 9.99. The van der Waals surface area contributed by atoms with Crippen LogP contribution in [0.1, 0.15) is 17.2 Å². The first-order valence-electron chi connectivity index (χ1n) is 5.47. The van der Waals surface area contributed by atoms with Gasteiger partial charge in [-0.05, 0) is 12.5 Å². The summed E-state index contributed by atoms with van der Waals surface area (Å²) < 4.78 is 14.5. The molecule has 96 valence electrons. The van der Waals surface area contributed by atoms with Crippen molar-refractivity contribution in [2.24, 2.45) is 0 Å². The second-order valence-corrected chi connectivity index (χ2v) is 4.13. The number of hydrogen-bond donors (Lipinski definition) is 0. The summed E-state index contributed by atoms with van der Waals surface area (Å²) in [6, 6.07) is 7.40. The Balaban J connectivity index is 2.30. The third-order valence-corrected chi connectivity index (χ3v) is 2.97. The molecular formula is C13H14O5. The molecule has 1 aromatic rings. The van der Waals surface area contributed by atoms with E-state index in [1.807, 2.05) is 31.2 Å². The second kappa shape index (κ2) is 4.42. The van der Waals surface area contributed by atoms with Crippen molar-refractivity contribution < 1.29 is 23.8 Å². The minimum absolute atomic E-state index is 0.641. The molecule has 5 nitrogen and oxygen atoms in total. The third kappa shape index (κ3) is 1.76. The molecule has 1 heterocycles. The van der Waals surface area contributed by atoms with Crippen molar-refractivity contribution >= 4 is 11.9 Å². The number of aryl methyl sites for hydroxylation is 1. The van der Waals surface area contributed by atoms with Gasteiger partial charge in [-0.3, -0.25) is 0 Å². The normalized spacial score (nSPS) is 20.1. The molecule has 0 bridgehead atoms. The maximum absolute atomic E-state index is 11.7. The first-order valence-corrected chi connectivity index (χ1v) is 5.47. The summed E-state index contributed by atoms with van der Waals surface area (Å²) >= 11 is 0. The fraction of sp³-hybridized carbons (Fsp3) is 0.385. The van der Waals surface area contributed by atoms with Gasteiger partial charge in [0.25, 0.3) is 5.60 Å². The molecule has 0 spiro atoms. The van der Waals surface area contributed by atoms with Crippen LogP contribution in [0.5, 0.6) is 0 Å². The number of benzene rings is 1. The molecule has 0 N–H and O–H groups in total. The average molecular weight is 250 g/mol. The molecule has 5 heteroatoms. The Kier molecular flexibility index (Phi) is 3.09. The topological polar surface area (TPSA) is 65.1 Å². The quantitative estimate of drug-likeness (QED) is 0.457. The van der Waals surface area contributed by atoms with E-state index in [1.165, 1.54) is 14.2 Å². The highest BCUT2D eigenvalue weighted by atomic mass is 16.7. The Bertz CT molecular complexity index is 461. The van der Waals surface area contributed by atoms with Crippen LogP contribution in [0.15, 0.2) is 24.3 Å². The molecule has 18 heavy (non-hydrogen) atoms. The van der Waals surface area contributed by atoms with E-state index in [2.05, 4.69) is 9.47 Å². The van der Waals surface area contributed by atoms with Gasteiger partial charge in [0.2, 0.25) is 0 Å². The van der Waals surface area contributed by atoms with Crippen LogP contribution in [0.2, 0.25) is 0 Å². The summed E-state index contributed by atoms with van der Waals surface area (Å²) in [6.45, 7) is 1.95. The lowest BCUT2D eigenvalue weighted by Crippen LogP contribution is -2.37. The van der Waals surface area contributed by atoms with Crippen LogP contribution < -0.4 is 0 Å². The molecular weight excluding hydrogens is 236 g/mol. The molecule has 0 aromatic heterocycles. The van der Waals surface area contributed by atoms with E-state index >= 15 is 0 Å². The van der Waals surface area contributed by atoms with Gasteiger partial charge in [0.05, 0.1) is 14.2 Å². The standard InChI is InChI=1S/C13H14O5/c1-8-4-6-9(7-5-8)10-13(18-10,11(14)16-2)12(15)17-3/h4-7,10H,1-3H3. The molecule has 1 atom stereocenters. The molecule has 1 saturated heterocycles. The Labute approximate surface area is 105 Å². The maximum Gasteiger partial charge on any atom is 0.353 e. The molecule has 1 fully saturated rings. The Morgan fingerprint density at radius 2 is 1.61 bits per heavy atom. The summed E-state index contributed by atoms with van der Waals surface area (Å²) in [6.07, 6.45) is -0.641. The van der Waals surface area contributed by atoms with Crippen LogP contribution in [0.25, 0.3) is 0 Å². The van der Waals surface area contributed by atoms with Crippen molar-refractivity contribution in [2.75, 3.05) is 14.2 Å². The van der Waals surface area contributed by atoms with Crippen LogP contribution in [-0.4, -0.2) is 31.8 Å². The number of hydrogen-bond acceptors (Lipinski definition) is 5. The van der Waals surface area contributed by atoms with Crippen molar-refractivity contribution in [3.05, 3.63) is 35.4 Å². The lowest BCUT2D eigenvalue weighted by molar-refractivity contribution is -0.160. The molecule has 1 unspecified atom stereocenters. The van der Waals surface area contributed by atoms with E-state index in [0.29, 0.717) is 0 Å². The highest BCUT2D eigenvalue weighted by Gasteiger charge is 2.71. The van der Waals surface area contributed by atoms with Gasteiger partial charge >= 0.3 is 11.9 Å². The van der Waals surface area contributed by atoms with Crippen LogP contribution in [0.4, 0.5) is 0 Å². The first kappa shape index (κ1) is 12.6. The highest BCUT2D eigenvalue weighted by Crippen LogP contribution is 2.51. The minimum Gasteiger partial charge on any atom is -0.466 e. The molecule has 2 rings (SSSR count). The Hall–Kier alpha value is -1.88. The first-order chi connectivity index (χ1) is 8.56. The van der Waals surface area contributed by atoms with Crippen molar-refractivity contribution in [3.63, 3.8) is 0 Å². The summed E-state index contributed by atoms with van der Waals surface area (Å²) in [5.41, 5.74) is 0.191. The van der Waals surface area contributed by atoms with E-state index in [4.69, 9.17) is 4.74 Å². The number of rotatable bonds is 3. The van der Waals surface area contributed by atoms with E-state index < -0.39 is 23.6 Å². The molecule has 1 aliphatic rings. The number of esters is 2. The smallest absolute Gasteiger partial charge is 0.353 e. The van der Waals surface area contributed by atoms with Crippen molar-refractivity contribution in [1.29, 1.82) is 0 Å². The van der Waals surface area contributed by atoms with Gasteiger partial charge in [0, 0.05) is 0 Å². The van der Waals surface area contributed by atoms with E-state index in [-0.39, 0.29) is 0 Å². The fourth-order valence-electron chi connectivity index (χ4n) is 1.89. The number of carbonyl (C=O) groups is 2. The molecule has 0 amide bonds. The van der Waals surface area contributed by atoms with Crippen molar-refractivity contribution in [2.45, 2.75) is 18.6 Å². The molecule has 0 saturated carbocycles. The SMILES string of the molecule is COC(=O)C1(C(=O)OC)OC1c1ccc(C)cc1. The molecule has 1 aliphatic heterocycles. The summed E-state index contributed by atoms with van der Waals surface area (Å²) in [5, 5.41) is 0. The number of ether oxygens (including phenoxy) is 3. The summed E-state index contributed by atoms with van der Waals surface area (Å²) in [7, 11) is 2.42. The van der Waals surface area contributed by atoms with Gasteiger partial charge in [0.1, 0.15) is 6.10 Å². The van der Waals surface area contributed by atoms with Gasteiger partial charge in [-0.15, -0.1) is 0 Å². The molecule has 0 aliphatic carbocycles. The lowest BCUT2D eigenvalue weighted by Gasteiger charge is -2.08. The number of carbonyl (C=O) groups excluding carboxylic acids is 2. The summed E-state index contributed by atoms with van der Waals surface area (Å²) in [5.74, 6) is -1.47.